The van der Waals surface area contributed by atoms with Crippen molar-refractivity contribution < 1.29 is 9.53 Å². The molecule has 126 valence electrons. The Bertz CT molecular complexity index is 734. The maximum absolute atomic E-state index is 13.2. The van der Waals surface area contributed by atoms with Gasteiger partial charge in [0, 0.05) is 10.7 Å². The van der Waals surface area contributed by atoms with Crippen LogP contribution in [-0.4, -0.2) is 13.0 Å². The molecule has 0 spiro atoms. The molecular weight excluding hydrogens is 322 g/mol. The van der Waals surface area contributed by atoms with Gasteiger partial charge in [0.05, 0.1) is 12.5 Å². The number of amides is 1. The molecule has 0 saturated heterocycles. The fourth-order valence-corrected chi connectivity index (χ4v) is 3.67. The standard InChI is InChI=1S/C20H22ClNO2/c1-14-13-17(24-2)9-10-18(14)22-19(23)20(11-3-4-12-20)15-5-7-16(21)8-6-15/h5-10,13H,3-4,11-12H2,1-2H3,(H,22,23). The minimum Gasteiger partial charge on any atom is -0.497 e. The number of rotatable bonds is 4. The highest BCUT2D eigenvalue weighted by Gasteiger charge is 2.42. The van der Waals surface area contributed by atoms with Crippen molar-refractivity contribution in [3.05, 3.63) is 58.6 Å². The fraction of sp³-hybridized carbons (Fsp3) is 0.350. The second-order valence-electron chi connectivity index (χ2n) is 6.43. The summed E-state index contributed by atoms with van der Waals surface area (Å²) in [6.07, 6.45) is 3.88. The minimum absolute atomic E-state index is 0.0654. The van der Waals surface area contributed by atoms with Crippen LogP contribution < -0.4 is 10.1 Å². The number of nitrogens with one attached hydrogen (secondary N) is 1. The molecule has 0 aromatic heterocycles. The van der Waals surface area contributed by atoms with Crippen LogP contribution in [0.15, 0.2) is 42.5 Å². The average molecular weight is 344 g/mol. The van der Waals surface area contributed by atoms with Crippen LogP contribution in [0.1, 0.15) is 36.8 Å². The lowest BCUT2D eigenvalue weighted by atomic mass is 9.78. The fourth-order valence-electron chi connectivity index (χ4n) is 3.54. The minimum atomic E-state index is -0.461. The molecule has 3 nitrogen and oxygen atoms in total. The maximum atomic E-state index is 13.2. The van der Waals surface area contributed by atoms with Crippen molar-refractivity contribution >= 4 is 23.2 Å². The van der Waals surface area contributed by atoms with E-state index in [0.717, 1.165) is 48.2 Å². The lowest BCUT2D eigenvalue weighted by Gasteiger charge is -2.29. The molecule has 0 bridgehead atoms. The van der Waals surface area contributed by atoms with Crippen LogP contribution in [-0.2, 0) is 10.2 Å². The number of anilines is 1. The molecule has 1 aliphatic carbocycles. The largest absolute Gasteiger partial charge is 0.497 e. The molecule has 0 aliphatic heterocycles. The van der Waals surface area contributed by atoms with Gasteiger partial charge in [0.1, 0.15) is 5.75 Å². The molecule has 1 amide bonds. The molecule has 3 rings (SSSR count). The third-order valence-electron chi connectivity index (χ3n) is 4.97. The molecule has 0 heterocycles. The van der Waals surface area contributed by atoms with Crippen molar-refractivity contribution in [1.29, 1.82) is 0 Å². The van der Waals surface area contributed by atoms with Crippen molar-refractivity contribution in [2.24, 2.45) is 0 Å². The van der Waals surface area contributed by atoms with Crippen LogP contribution in [0.25, 0.3) is 0 Å². The Hall–Kier alpha value is -2.00. The van der Waals surface area contributed by atoms with Gasteiger partial charge in [-0.25, -0.2) is 0 Å². The number of ether oxygens (including phenoxy) is 1. The van der Waals surface area contributed by atoms with Crippen molar-refractivity contribution in [1.82, 2.24) is 0 Å². The van der Waals surface area contributed by atoms with Crippen LogP contribution in [0.4, 0.5) is 5.69 Å². The first-order valence-electron chi connectivity index (χ1n) is 8.27. The van der Waals surface area contributed by atoms with Gasteiger partial charge in [-0.3, -0.25) is 4.79 Å². The third kappa shape index (κ3) is 3.13. The van der Waals surface area contributed by atoms with Gasteiger partial charge in [-0.15, -0.1) is 0 Å². The number of methoxy groups -OCH3 is 1. The van der Waals surface area contributed by atoms with Gasteiger partial charge in [-0.1, -0.05) is 36.6 Å². The second kappa shape index (κ2) is 6.86. The molecule has 2 aromatic carbocycles. The van der Waals surface area contributed by atoms with E-state index in [0.29, 0.717) is 5.02 Å². The topological polar surface area (TPSA) is 38.3 Å². The van der Waals surface area contributed by atoms with Crippen LogP contribution in [0.5, 0.6) is 5.75 Å². The summed E-state index contributed by atoms with van der Waals surface area (Å²) in [5.41, 5.74) is 2.41. The van der Waals surface area contributed by atoms with E-state index in [2.05, 4.69) is 5.32 Å². The Morgan fingerprint density at radius 3 is 2.38 bits per heavy atom. The summed E-state index contributed by atoms with van der Waals surface area (Å²) in [6.45, 7) is 1.97. The quantitative estimate of drug-likeness (QED) is 0.837. The first-order chi connectivity index (χ1) is 11.5. The van der Waals surface area contributed by atoms with Crippen molar-refractivity contribution in [3.63, 3.8) is 0 Å². The molecule has 1 N–H and O–H groups in total. The van der Waals surface area contributed by atoms with Crippen LogP contribution in [0, 0.1) is 6.92 Å². The summed E-state index contributed by atoms with van der Waals surface area (Å²) in [5, 5.41) is 3.82. The van der Waals surface area contributed by atoms with E-state index in [9.17, 15) is 4.79 Å². The van der Waals surface area contributed by atoms with Gasteiger partial charge in [0.25, 0.3) is 0 Å². The van der Waals surface area contributed by atoms with Crippen LogP contribution >= 0.6 is 11.6 Å². The normalized spacial score (nSPS) is 16.0. The highest BCUT2D eigenvalue weighted by atomic mass is 35.5. The summed E-state index contributed by atoms with van der Waals surface area (Å²) >= 11 is 6.01. The summed E-state index contributed by atoms with van der Waals surface area (Å²) in [7, 11) is 1.64. The molecule has 4 heteroatoms. The van der Waals surface area contributed by atoms with E-state index >= 15 is 0 Å². The molecule has 1 aliphatic rings. The lowest BCUT2D eigenvalue weighted by Crippen LogP contribution is -2.38. The summed E-state index contributed by atoms with van der Waals surface area (Å²) in [5.74, 6) is 0.856. The van der Waals surface area contributed by atoms with Crippen molar-refractivity contribution in [2.45, 2.75) is 38.0 Å². The number of carbonyl (C=O) groups excluding carboxylic acids is 1. The van der Waals surface area contributed by atoms with Crippen LogP contribution in [0.2, 0.25) is 5.02 Å². The molecule has 0 radical (unpaired) electrons. The van der Waals surface area contributed by atoms with Gasteiger partial charge in [0.15, 0.2) is 0 Å². The molecule has 24 heavy (non-hydrogen) atoms. The number of hydrogen-bond acceptors (Lipinski definition) is 2. The smallest absolute Gasteiger partial charge is 0.235 e. The second-order valence-corrected chi connectivity index (χ2v) is 6.87. The first kappa shape index (κ1) is 16.8. The summed E-state index contributed by atoms with van der Waals surface area (Å²) in [6, 6.07) is 13.4. The Kier molecular flexibility index (Phi) is 4.81. The number of benzene rings is 2. The predicted molar refractivity (Wildman–Crippen MR) is 98.0 cm³/mol. The lowest BCUT2D eigenvalue weighted by molar-refractivity contribution is -0.121. The van der Waals surface area contributed by atoms with E-state index in [1.807, 2.05) is 49.4 Å². The zero-order chi connectivity index (χ0) is 17.2. The average Bonchev–Trinajstić information content (AvgIpc) is 3.08. The van der Waals surface area contributed by atoms with Gasteiger partial charge in [-0.05, 0) is 61.2 Å². The van der Waals surface area contributed by atoms with Gasteiger partial charge in [0.2, 0.25) is 5.91 Å². The zero-order valence-electron chi connectivity index (χ0n) is 14.1. The van der Waals surface area contributed by atoms with E-state index in [4.69, 9.17) is 16.3 Å². The van der Waals surface area contributed by atoms with Crippen molar-refractivity contribution in [3.8, 4) is 5.75 Å². The van der Waals surface area contributed by atoms with E-state index in [1.165, 1.54) is 0 Å². The predicted octanol–water partition coefficient (Wildman–Crippen LogP) is 5.11. The van der Waals surface area contributed by atoms with Crippen molar-refractivity contribution in [2.75, 3.05) is 12.4 Å². The molecule has 2 aromatic rings. The molecule has 1 fully saturated rings. The molecule has 0 unspecified atom stereocenters. The highest BCUT2D eigenvalue weighted by Crippen LogP contribution is 2.42. The number of hydrogen-bond donors (Lipinski definition) is 1. The van der Waals surface area contributed by atoms with Gasteiger partial charge < -0.3 is 10.1 Å². The molecular formula is C20H22ClNO2. The summed E-state index contributed by atoms with van der Waals surface area (Å²) in [4.78, 5) is 13.2. The van der Waals surface area contributed by atoms with E-state index < -0.39 is 5.41 Å². The van der Waals surface area contributed by atoms with E-state index in [-0.39, 0.29) is 5.91 Å². The Morgan fingerprint density at radius 1 is 1.12 bits per heavy atom. The summed E-state index contributed by atoms with van der Waals surface area (Å²) < 4.78 is 5.23. The monoisotopic (exact) mass is 343 g/mol. The Labute approximate surface area is 148 Å². The van der Waals surface area contributed by atoms with E-state index in [1.54, 1.807) is 7.11 Å². The zero-order valence-corrected chi connectivity index (χ0v) is 14.8. The van der Waals surface area contributed by atoms with Gasteiger partial charge in [-0.2, -0.15) is 0 Å². The SMILES string of the molecule is COc1ccc(NC(=O)C2(c3ccc(Cl)cc3)CCCC2)c(C)c1. The third-order valence-corrected chi connectivity index (χ3v) is 5.22. The Balaban J connectivity index is 1.89. The molecule has 0 atom stereocenters. The van der Waals surface area contributed by atoms with Crippen LogP contribution in [0.3, 0.4) is 0 Å². The van der Waals surface area contributed by atoms with Gasteiger partial charge >= 0.3 is 0 Å². The Morgan fingerprint density at radius 2 is 1.79 bits per heavy atom. The molecule has 1 saturated carbocycles. The number of aryl methyl sites for hydroxylation is 1. The highest BCUT2D eigenvalue weighted by molar-refractivity contribution is 6.30. The number of halogens is 1. The first-order valence-corrected chi connectivity index (χ1v) is 8.65. The maximum Gasteiger partial charge on any atom is 0.235 e. The number of carbonyl (C=O) groups is 1.